The second kappa shape index (κ2) is 15.7. The molecule has 6 amide bonds. The summed E-state index contributed by atoms with van der Waals surface area (Å²) in [7, 11) is 0. The Hall–Kier alpha value is -3.05. The van der Waals surface area contributed by atoms with Gasteiger partial charge in [0.05, 0.1) is 38.6 Å². The molecule has 0 aliphatic carbocycles. The van der Waals surface area contributed by atoms with Gasteiger partial charge in [0, 0.05) is 19.5 Å². The first-order chi connectivity index (χ1) is 16.1. The van der Waals surface area contributed by atoms with Gasteiger partial charge >= 0.3 is 6.03 Å². The van der Waals surface area contributed by atoms with E-state index in [1.807, 2.05) is 0 Å². The van der Waals surface area contributed by atoms with Gasteiger partial charge in [-0.1, -0.05) is 0 Å². The van der Waals surface area contributed by atoms with Crippen LogP contribution in [0.1, 0.15) is 13.3 Å². The highest BCUT2D eigenvalue weighted by atomic mass is 16.5. The summed E-state index contributed by atoms with van der Waals surface area (Å²) >= 11 is 0. The van der Waals surface area contributed by atoms with Gasteiger partial charge in [0.25, 0.3) is 5.91 Å². The summed E-state index contributed by atoms with van der Waals surface area (Å²) in [5.74, 6) is -2.87. The second-order valence-corrected chi connectivity index (χ2v) is 7.33. The number of primary amides is 1. The number of nitrogens with one attached hydrogen (secondary N) is 6. The van der Waals surface area contributed by atoms with Gasteiger partial charge in [0.1, 0.15) is 18.7 Å². The maximum absolute atomic E-state index is 12.4. The van der Waals surface area contributed by atoms with Gasteiger partial charge in [-0.15, -0.1) is 0 Å². The zero-order chi connectivity index (χ0) is 25.5. The van der Waals surface area contributed by atoms with E-state index < -0.39 is 60.5 Å². The average Bonchev–Trinajstić information content (AvgIpc) is 2.75. The molecule has 1 rings (SSSR count). The van der Waals surface area contributed by atoms with E-state index in [0.717, 1.165) is 0 Å². The summed E-state index contributed by atoms with van der Waals surface area (Å²) in [5.41, 5.74) is 9.93. The lowest BCUT2D eigenvalue weighted by atomic mass is 10.1. The molecule has 16 heteroatoms. The van der Waals surface area contributed by atoms with E-state index in [2.05, 4.69) is 32.1 Å². The molecule has 1 heterocycles. The molecule has 1 unspecified atom stereocenters. The van der Waals surface area contributed by atoms with Crippen LogP contribution in [0.3, 0.4) is 0 Å². The van der Waals surface area contributed by atoms with Crippen molar-refractivity contribution in [1.29, 1.82) is 0 Å². The molecule has 10 N–H and O–H groups in total. The van der Waals surface area contributed by atoms with Gasteiger partial charge in [-0.25, -0.2) is 10.2 Å². The molecule has 0 saturated carbocycles. The number of aliphatic hydroxyl groups is 2. The van der Waals surface area contributed by atoms with Crippen LogP contribution in [0, 0.1) is 0 Å². The molecule has 34 heavy (non-hydrogen) atoms. The van der Waals surface area contributed by atoms with Crippen LogP contribution in [0.15, 0.2) is 0 Å². The summed E-state index contributed by atoms with van der Waals surface area (Å²) in [6.07, 6.45) is -1.57. The van der Waals surface area contributed by atoms with Crippen molar-refractivity contribution in [3.05, 3.63) is 0 Å². The normalized spacial score (nSPS) is 25.9. The van der Waals surface area contributed by atoms with Crippen LogP contribution in [0.5, 0.6) is 0 Å². The van der Waals surface area contributed by atoms with Gasteiger partial charge in [-0.2, -0.15) is 0 Å². The molecule has 194 valence electrons. The zero-order valence-electron chi connectivity index (χ0n) is 18.8. The van der Waals surface area contributed by atoms with Crippen molar-refractivity contribution < 1.29 is 43.7 Å². The molecule has 1 fully saturated rings. The summed E-state index contributed by atoms with van der Waals surface area (Å²) in [4.78, 5) is 60.1. The highest BCUT2D eigenvalue weighted by Crippen LogP contribution is 1.95. The molecular weight excluding hydrogens is 458 g/mol. The fourth-order valence-electron chi connectivity index (χ4n) is 2.71. The van der Waals surface area contributed by atoms with Crippen LogP contribution >= 0.6 is 0 Å². The summed E-state index contributed by atoms with van der Waals surface area (Å²) in [6, 6.07) is -4.39. The number of aliphatic hydroxyl groups excluding tert-OH is 2. The average molecular weight is 492 g/mol. The molecule has 0 spiro atoms. The Kier molecular flexibility index (Phi) is 13.4. The van der Waals surface area contributed by atoms with Crippen molar-refractivity contribution in [3.63, 3.8) is 0 Å². The minimum absolute atomic E-state index is 0.0523. The van der Waals surface area contributed by atoms with Crippen molar-refractivity contribution in [1.82, 2.24) is 32.1 Å². The lowest BCUT2D eigenvalue weighted by molar-refractivity contribution is -0.134. The van der Waals surface area contributed by atoms with E-state index in [1.54, 1.807) is 0 Å². The van der Waals surface area contributed by atoms with Crippen molar-refractivity contribution in [3.8, 4) is 0 Å². The molecule has 1 aliphatic rings. The first-order valence-corrected chi connectivity index (χ1v) is 10.5. The lowest BCUT2D eigenvalue weighted by Crippen LogP contribution is -2.59. The van der Waals surface area contributed by atoms with Crippen molar-refractivity contribution in [2.45, 2.75) is 37.6 Å². The van der Waals surface area contributed by atoms with Gasteiger partial charge in [-0.05, 0) is 6.92 Å². The van der Waals surface area contributed by atoms with E-state index in [9.17, 15) is 34.2 Å². The van der Waals surface area contributed by atoms with E-state index >= 15 is 0 Å². The number of ether oxygens (including phenoxy) is 2. The van der Waals surface area contributed by atoms with Crippen LogP contribution < -0.4 is 37.9 Å². The van der Waals surface area contributed by atoms with Crippen LogP contribution in [0.4, 0.5) is 4.79 Å². The third-order valence-electron chi connectivity index (χ3n) is 4.38. The highest BCUT2D eigenvalue weighted by molar-refractivity contribution is 5.88. The molecule has 4 atom stereocenters. The number of carbonyl (C=O) groups is 5. The number of hydrazine groups is 1. The lowest BCUT2D eigenvalue weighted by Gasteiger charge is -2.23. The standard InChI is InChI=1S/C18H33N7O9/c1-10(27)15-17(31)25-21-7-11(6-13(19)28)22-18(32)23-12(8-26)16(30)20-2-3-33-4-5-34-9-14(29)24-15/h10-12,15,21,26-27H,2-9H2,1H3,(H2,19,28)(H,20,30)(H,24,29)(H,25,31)(H2,22,23,32)/t10?,11-,12-,15-/m1/s1. The van der Waals surface area contributed by atoms with Gasteiger partial charge < -0.3 is 46.7 Å². The smallest absolute Gasteiger partial charge is 0.315 e. The van der Waals surface area contributed by atoms with Crippen molar-refractivity contribution in [2.75, 3.05) is 46.1 Å². The fraction of sp³-hybridized carbons (Fsp3) is 0.722. The zero-order valence-corrected chi connectivity index (χ0v) is 18.8. The predicted octanol–water partition coefficient (Wildman–Crippen LogP) is -5.46. The van der Waals surface area contributed by atoms with E-state index in [0.29, 0.717) is 0 Å². The Labute approximate surface area is 195 Å². The number of urea groups is 1. The minimum Gasteiger partial charge on any atom is -0.394 e. The van der Waals surface area contributed by atoms with E-state index in [4.69, 9.17) is 15.2 Å². The second-order valence-electron chi connectivity index (χ2n) is 7.33. The largest absolute Gasteiger partial charge is 0.394 e. The van der Waals surface area contributed by atoms with Crippen LogP contribution in [0.2, 0.25) is 0 Å². The third-order valence-corrected chi connectivity index (χ3v) is 4.38. The maximum Gasteiger partial charge on any atom is 0.315 e. The Balaban J connectivity index is 2.88. The molecule has 0 aromatic carbocycles. The summed E-state index contributed by atoms with van der Waals surface area (Å²) < 4.78 is 10.4. The SMILES string of the molecule is CC(O)[C@H]1NC(=O)COCCOCCNC(=O)[C@@H](CO)NC(=O)N[C@H](CC(N)=O)CNNC1=O. The summed E-state index contributed by atoms with van der Waals surface area (Å²) in [5, 5.41) is 28.7. The third kappa shape index (κ3) is 11.7. The van der Waals surface area contributed by atoms with Crippen LogP contribution in [-0.2, 0) is 28.7 Å². The van der Waals surface area contributed by atoms with Crippen molar-refractivity contribution in [2.24, 2.45) is 5.73 Å². The molecule has 1 aliphatic heterocycles. The van der Waals surface area contributed by atoms with Gasteiger partial charge in [0.15, 0.2) is 0 Å². The Morgan fingerprint density at radius 3 is 2.44 bits per heavy atom. The first-order valence-electron chi connectivity index (χ1n) is 10.5. The Morgan fingerprint density at radius 2 is 1.79 bits per heavy atom. The van der Waals surface area contributed by atoms with Gasteiger partial charge in [0.2, 0.25) is 17.7 Å². The first kappa shape index (κ1) is 29.0. The van der Waals surface area contributed by atoms with Crippen LogP contribution in [0.25, 0.3) is 0 Å². The number of carbonyl (C=O) groups excluding carboxylic acids is 5. The fourth-order valence-corrected chi connectivity index (χ4v) is 2.71. The summed E-state index contributed by atoms with van der Waals surface area (Å²) in [6.45, 7) is 0.383. The predicted molar refractivity (Wildman–Crippen MR) is 115 cm³/mol. The Morgan fingerprint density at radius 1 is 1.09 bits per heavy atom. The van der Waals surface area contributed by atoms with E-state index in [-0.39, 0.29) is 45.9 Å². The molecular formula is C18H33N7O9. The quantitative estimate of drug-likeness (QED) is 0.181. The number of rotatable bonds is 4. The van der Waals surface area contributed by atoms with Crippen molar-refractivity contribution >= 4 is 29.7 Å². The molecule has 1 saturated heterocycles. The van der Waals surface area contributed by atoms with Gasteiger partial charge in [-0.3, -0.25) is 24.6 Å². The van der Waals surface area contributed by atoms with E-state index in [1.165, 1.54) is 6.92 Å². The molecule has 0 aromatic heterocycles. The minimum atomic E-state index is -1.32. The number of hydrogen-bond acceptors (Lipinski definition) is 10. The number of hydrogen-bond donors (Lipinski definition) is 9. The Bertz CT molecular complexity index is 707. The maximum atomic E-state index is 12.4. The number of amides is 6. The number of nitrogens with two attached hydrogens (primary N) is 1. The molecule has 0 aromatic rings. The molecule has 0 radical (unpaired) electrons. The molecule has 16 nitrogen and oxygen atoms in total. The van der Waals surface area contributed by atoms with Crippen LogP contribution in [-0.4, -0.2) is 110 Å². The molecule has 0 bridgehead atoms. The topological polar surface area (TPSA) is 242 Å². The monoisotopic (exact) mass is 491 g/mol. The highest BCUT2D eigenvalue weighted by Gasteiger charge is 2.26.